The van der Waals surface area contributed by atoms with E-state index in [1.54, 1.807) is 0 Å². The fourth-order valence-corrected chi connectivity index (χ4v) is 2.28. The molecule has 1 fully saturated rings. The monoisotopic (exact) mass is 166 g/mol. The Kier molecular flexibility index (Phi) is 3.84. The van der Waals surface area contributed by atoms with E-state index in [9.17, 15) is 0 Å². The Bertz CT molecular complexity index is 136. The zero-order chi connectivity index (χ0) is 8.97. The van der Waals surface area contributed by atoms with Crippen LogP contribution in [0.3, 0.4) is 0 Å². The molecule has 0 unspecified atom stereocenters. The van der Waals surface area contributed by atoms with E-state index in [-0.39, 0.29) is 0 Å². The first-order chi connectivity index (χ1) is 5.74. The lowest BCUT2D eigenvalue weighted by Gasteiger charge is -2.29. The summed E-state index contributed by atoms with van der Waals surface area (Å²) in [6, 6.07) is 0. The van der Waals surface area contributed by atoms with Crippen LogP contribution in [0.2, 0.25) is 0 Å². The zero-order valence-electron chi connectivity index (χ0n) is 8.72. The Labute approximate surface area is 77.1 Å². The van der Waals surface area contributed by atoms with Crippen molar-refractivity contribution in [3.05, 3.63) is 12.2 Å². The Balaban J connectivity index is 2.29. The van der Waals surface area contributed by atoms with Gasteiger partial charge in [0.1, 0.15) is 0 Å². The quantitative estimate of drug-likeness (QED) is 0.543. The molecule has 0 spiro atoms. The van der Waals surface area contributed by atoms with Crippen molar-refractivity contribution >= 4 is 0 Å². The van der Waals surface area contributed by atoms with Crippen LogP contribution in [-0.2, 0) is 0 Å². The molecular formula is C12H22. The minimum atomic E-state index is 0.894. The lowest BCUT2D eigenvalue weighted by Crippen LogP contribution is -2.17. The average molecular weight is 166 g/mol. The van der Waals surface area contributed by atoms with E-state index in [4.69, 9.17) is 0 Å². The normalized spacial score (nSPS) is 31.7. The summed E-state index contributed by atoms with van der Waals surface area (Å²) in [5.41, 5.74) is 0. The lowest BCUT2D eigenvalue weighted by molar-refractivity contribution is 0.248. The molecule has 70 valence electrons. The fraction of sp³-hybridized carbons (Fsp3) is 0.833. The molecule has 1 aliphatic rings. The summed E-state index contributed by atoms with van der Waals surface area (Å²) < 4.78 is 0. The van der Waals surface area contributed by atoms with Crippen LogP contribution in [0.15, 0.2) is 12.2 Å². The second-order valence-corrected chi connectivity index (χ2v) is 4.44. The summed E-state index contributed by atoms with van der Waals surface area (Å²) in [5.74, 6) is 2.80. The van der Waals surface area contributed by atoms with Crippen molar-refractivity contribution in [2.45, 2.75) is 46.5 Å². The van der Waals surface area contributed by atoms with Crippen molar-refractivity contribution in [2.75, 3.05) is 0 Å². The van der Waals surface area contributed by atoms with Gasteiger partial charge in [0.05, 0.1) is 0 Å². The summed E-state index contributed by atoms with van der Waals surface area (Å²) in [4.78, 5) is 0. The number of rotatable bonds is 2. The van der Waals surface area contributed by atoms with Crippen molar-refractivity contribution < 1.29 is 0 Å². The third kappa shape index (κ3) is 2.66. The standard InChI is InChI=1S/C12H22/c1-4-5-11-6-8-12(9-7-11)10(2)3/h4-5,10-12H,6-9H2,1-3H3. The lowest BCUT2D eigenvalue weighted by atomic mass is 9.77. The molecule has 0 nitrogen and oxygen atoms in total. The van der Waals surface area contributed by atoms with Gasteiger partial charge in [-0.1, -0.05) is 26.0 Å². The molecule has 0 aromatic carbocycles. The van der Waals surface area contributed by atoms with Gasteiger partial charge in [-0.25, -0.2) is 0 Å². The second kappa shape index (κ2) is 4.69. The van der Waals surface area contributed by atoms with E-state index in [1.165, 1.54) is 25.7 Å². The summed E-state index contributed by atoms with van der Waals surface area (Å²) >= 11 is 0. The maximum Gasteiger partial charge on any atom is -0.0233 e. The van der Waals surface area contributed by atoms with Crippen LogP contribution in [0.4, 0.5) is 0 Å². The van der Waals surface area contributed by atoms with Crippen LogP contribution < -0.4 is 0 Å². The largest absolute Gasteiger partial charge is 0.0914 e. The maximum atomic E-state index is 2.39. The van der Waals surface area contributed by atoms with Crippen molar-refractivity contribution in [3.63, 3.8) is 0 Å². The van der Waals surface area contributed by atoms with Gasteiger partial charge in [-0.05, 0) is 50.4 Å². The van der Waals surface area contributed by atoms with E-state index >= 15 is 0 Å². The van der Waals surface area contributed by atoms with Gasteiger partial charge >= 0.3 is 0 Å². The molecule has 0 radical (unpaired) electrons. The fourth-order valence-electron chi connectivity index (χ4n) is 2.28. The molecule has 0 amide bonds. The predicted octanol–water partition coefficient (Wildman–Crippen LogP) is 4.02. The van der Waals surface area contributed by atoms with Gasteiger partial charge in [-0.3, -0.25) is 0 Å². The SMILES string of the molecule is CC=CC1CCC(C(C)C)CC1. The molecule has 0 aromatic heterocycles. The van der Waals surface area contributed by atoms with Gasteiger partial charge in [0, 0.05) is 0 Å². The van der Waals surface area contributed by atoms with Crippen LogP contribution >= 0.6 is 0 Å². The van der Waals surface area contributed by atoms with Gasteiger partial charge in [-0.15, -0.1) is 0 Å². The molecule has 1 saturated carbocycles. The average Bonchev–Trinajstić information content (AvgIpc) is 2.06. The highest BCUT2D eigenvalue weighted by molar-refractivity contribution is 4.89. The van der Waals surface area contributed by atoms with Crippen molar-refractivity contribution in [1.82, 2.24) is 0 Å². The van der Waals surface area contributed by atoms with Gasteiger partial charge in [0.25, 0.3) is 0 Å². The maximum absolute atomic E-state index is 2.39. The molecule has 1 aliphatic carbocycles. The van der Waals surface area contributed by atoms with Gasteiger partial charge in [0.2, 0.25) is 0 Å². The van der Waals surface area contributed by atoms with Gasteiger partial charge in [-0.2, -0.15) is 0 Å². The molecule has 0 aliphatic heterocycles. The highest BCUT2D eigenvalue weighted by Gasteiger charge is 2.21. The molecule has 0 heterocycles. The zero-order valence-corrected chi connectivity index (χ0v) is 8.72. The summed E-state index contributed by atoms with van der Waals surface area (Å²) in [6.07, 6.45) is 10.3. The van der Waals surface area contributed by atoms with E-state index in [0.717, 1.165) is 17.8 Å². The van der Waals surface area contributed by atoms with Gasteiger partial charge < -0.3 is 0 Å². The Hall–Kier alpha value is -0.260. The first-order valence-corrected chi connectivity index (χ1v) is 5.37. The van der Waals surface area contributed by atoms with E-state index in [2.05, 4.69) is 32.9 Å². The Morgan fingerprint density at radius 1 is 1.08 bits per heavy atom. The van der Waals surface area contributed by atoms with Crippen molar-refractivity contribution in [1.29, 1.82) is 0 Å². The highest BCUT2D eigenvalue weighted by atomic mass is 14.3. The summed E-state index contributed by atoms with van der Waals surface area (Å²) in [5, 5.41) is 0. The first kappa shape index (κ1) is 9.83. The third-order valence-electron chi connectivity index (χ3n) is 3.22. The molecule has 0 atom stereocenters. The minimum absolute atomic E-state index is 0.894. The Morgan fingerprint density at radius 2 is 1.67 bits per heavy atom. The second-order valence-electron chi connectivity index (χ2n) is 4.44. The molecule has 0 saturated heterocycles. The number of hydrogen-bond donors (Lipinski definition) is 0. The van der Waals surface area contributed by atoms with E-state index < -0.39 is 0 Å². The topological polar surface area (TPSA) is 0 Å². The molecule has 0 N–H and O–H groups in total. The van der Waals surface area contributed by atoms with Crippen LogP contribution in [0, 0.1) is 17.8 Å². The predicted molar refractivity (Wildman–Crippen MR) is 55.1 cm³/mol. The van der Waals surface area contributed by atoms with Crippen LogP contribution in [0.1, 0.15) is 46.5 Å². The summed E-state index contributed by atoms with van der Waals surface area (Å²) in [6.45, 7) is 6.86. The highest BCUT2D eigenvalue weighted by Crippen LogP contribution is 2.33. The molecule has 0 bridgehead atoms. The number of allylic oxidation sites excluding steroid dienone is 2. The van der Waals surface area contributed by atoms with Crippen LogP contribution in [0.5, 0.6) is 0 Å². The molecule has 0 aromatic rings. The molecular weight excluding hydrogens is 144 g/mol. The van der Waals surface area contributed by atoms with Crippen molar-refractivity contribution in [3.8, 4) is 0 Å². The van der Waals surface area contributed by atoms with Gasteiger partial charge in [0.15, 0.2) is 0 Å². The van der Waals surface area contributed by atoms with E-state index in [0.29, 0.717) is 0 Å². The van der Waals surface area contributed by atoms with Crippen molar-refractivity contribution in [2.24, 2.45) is 17.8 Å². The first-order valence-electron chi connectivity index (χ1n) is 5.37. The molecule has 12 heavy (non-hydrogen) atoms. The summed E-state index contributed by atoms with van der Waals surface area (Å²) in [7, 11) is 0. The molecule has 1 rings (SSSR count). The van der Waals surface area contributed by atoms with Crippen LogP contribution in [-0.4, -0.2) is 0 Å². The smallest absolute Gasteiger partial charge is 0.0233 e. The minimum Gasteiger partial charge on any atom is -0.0914 e. The Morgan fingerprint density at radius 3 is 2.08 bits per heavy atom. The van der Waals surface area contributed by atoms with E-state index in [1.807, 2.05) is 0 Å². The molecule has 0 heteroatoms. The van der Waals surface area contributed by atoms with Crippen LogP contribution in [0.25, 0.3) is 0 Å². The third-order valence-corrected chi connectivity index (χ3v) is 3.22. The number of hydrogen-bond acceptors (Lipinski definition) is 0.